The van der Waals surface area contributed by atoms with Gasteiger partial charge in [-0.05, 0) is 18.2 Å². The smallest absolute Gasteiger partial charge is 0.236 e. The Labute approximate surface area is 98.6 Å². The lowest BCUT2D eigenvalue weighted by Crippen LogP contribution is -2.21. The maximum Gasteiger partial charge on any atom is 0.236 e. The van der Waals surface area contributed by atoms with Crippen LogP contribution in [0.5, 0.6) is 0 Å². The van der Waals surface area contributed by atoms with Crippen LogP contribution in [-0.4, -0.2) is 17.4 Å². The zero-order chi connectivity index (χ0) is 10.8. The molecule has 15 heavy (non-hydrogen) atoms. The molecule has 1 amide bonds. The molecule has 1 heterocycles. The van der Waals surface area contributed by atoms with E-state index in [-0.39, 0.29) is 6.54 Å². The molecule has 0 bridgehead atoms. The number of anilines is 1. The maximum atomic E-state index is 10.6. The van der Waals surface area contributed by atoms with Gasteiger partial charge >= 0.3 is 0 Å². The number of hydrogen-bond donors (Lipinski definition) is 2. The van der Waals surface area contributed by atoms with Gasteiger partial charge in [0.05, 0.1) is 16.8 Å². The molecular formula is C9H8BrN3OS. The summed E-state index contributed by atoms with van der Waals surface area (Å²) < 4.78 is 2.08. The molecule has 6 heteroatoms. The first kappa shape index (κ1) is 10.4. The van der Waals surface area contributed by atoms with Gasteiger partial charge in [-0.3, -0.25) is 4.79 Å². The number of primary amides is 1. The van der Waals surface area contributed by atoms with E-state index in [4.69, 9.17) is 5.73 Å². The Morgan fingerprint density at radius 3 is 3.13 bits per heavy atom. The summed E-state index contributed by atoms with van der Waals surface area (Å²) in [6, 6.07) is 5.84. The van der Waals surface area contributed by atoms with Crippen LogP contribution >= 0.6 is 27.3 Å². The van der Waals surface area contributed by atoms with Crippen LogP contribution < -0.4 is 11.1 Å². The lowest BCUT2D eigenvalue weighted by Gasteiger charge is -1.95. The Balaban J connectivity index is 2.27. The van der Waals surface area contributed by atoms with Crippen LogP contribution in [0.25, 0.3) is 10.2 Å². The predicted octanol–water partition coefficient (Wildman–Crippen LogP) is 1.96. The van der Waals surface area contributed by atoms with Crippen molar-refractivity contribution in [2.75, 3.05) is 11.9 Å². The van der Waals surface area contributed by atoms with Gasteiger partial charge in [-0.1, -0.05) is 27.3 Å². The molecule has 3 N–H and O–H groups in total. The van der Waals surface area contributed by atoms with Crippen LogP contribution in [0, 0.1) is 0 Å². The molecule has 0 unspecified atom stereocenters. The minimum absolute atomic E-state index is 0.112. The highest BCUT2D eigenvalue weighted by atomic mass is 79.9. The molecule has 2 aromatic rings. The van der Waals surface area contributed by atoms with E-state index in [1.54, 1.807) is 0 Å². The Hall–Kier alpha value is -1.14. The van der Waals surface area contributed by atoms with E-state index in [1.165, 1.54) is 11.3 Å². The number of halogens is 1. The first-order valence-electron chi connectivity index (χ1n) is 4.23. The number of nitrogens with zero attached hydrogens (tertiary/aromatic N) is 1. The first-order valence-corrected chi connectivity index (χ1v) is 5.84. The van der Waals surface area contributed by atoms with Crippen molar-refractivity contribution in [2.24, 2.45) is 5.73 Å². The summed E-state index contributed by atoms with van der Waals surface area (Å²) in [5.74, 6) is -0.393. The third kappa shape index (κ3) is 2.45. The van der Waals surface area contributed by atoms with Crippen LogP contribution in [0.3, 0.4) is 0 Å². The number of amides is 1. The summed E-state index contributed by atoms with van der Waals surface area (Å²) in [6.45, 7) is 0.112. The number of hydrogen-bond acceptors (Lipinski definition) is 4. The Kier molecular flexibility index (Phi) is 2.88. The topological polar surface area (TPSA) is 68.0 Å². The number of aromatic nitrogens is 1. The van der Waals surface area contributed by atoms with Crippen molar-refractivity contribution < 1.29 is 4.79 Å². The van der Waals surface area contributed by atoms with Gasteiger partial charge in [0, 0.05) is 4.47 Å². The maximum absolute atomic E-state index is 10.6. The van der Waals surface area contributed by atoms with Crippen molar-refractivity contribution in [3.63, 3.8) is 0 Å². The molecule has 4 nitrogen and oxygen atoms in total. The second-order valence-corrected chi connectivity index (χ2v) is 4.90. The van der Waals surface area contributed by atoms with E-state index >= 15 is 0 Å². The quantitative estimate of drug-likeness (QED) is 0.906. The standard InChI is InChI=1S/C9H8BrN3OS/c10-5-1-2-6-7(3-5)15-9(13-6)12-4-8(11)14/h1-3H,4H2,(H2,11,14)(H,12,13). The van der Waals surface area contributed by atoms with Gasteiger partial charge in [0.1, 0.15) is 0 Å². The van der Waals surface area contributed by atoms with Crippen molar-refractivity contribution in [3.8, 4) is 0 Å². The van der Waals surface area contributed by atoms with Gasteiger partial charge in [0.15, 0.2) is 5.13 Å². The van der Waals surface area contributed by atoms with E-state index < -0.39 is 5.91 Å². The molecule has 0 atom stereocenters. The zero-order valence-electron chi connectivity index (χ0n) is 7.66. The molecule has 0 aliphatic heterocycles. The fourth-order valence-corrected chi connectivity index (χ4v) is 2.55. The van der Waals surface area contributed by atoms with Gasteiger partial charge in [-0.15, -0.1) is 0 Å². The fraction of sp³-hybridized carbons (Fsp3) is 0.111. The van der Waals surface area contributed by atoms with Gasteiger partial charge in [-0.25, -0.2) is 4.98 Å². The molecule has 0 fully saturated rings. The second kappa shape index (κ2) is 4.16. The zero-order valence-corrected chi connectivity index (χ0v) is 10.1. The average molecular weight is 286 g/mol. The number of carbonyl (C=O) groups is 1. The van der Waals surface area contributed by atoms with Crippen LogP contribution in [0.2, 0.25) is 0 Å². The number of nitrogens with two attached hydrogens (primary N) is 1. The highest BCUT2D eigenvalue weighted by Crippen LogP contribution is 2.28. The number of carbonyl (C=O) groups excluding carboxylic acids is 1. The van der Waals surface area contributed by atoms with E-state index in [0.29, 0.717) is 5.13 Å². The Morgan fingerprint density at radius 2 is 2.40 bits per heavy atom. The number of nitrogens with one attached hydrogen (secondary N) is 1. The van der Waals surface area contributed by atoms with Crippen molar-refractivity contribution >= 4 is 48.5 Å². The molecule has 0 radical (unpaired) electrons. The van der Waals surface area contributed by atoms with Crippen LogP contribution in [0.4, 0.5) is 5.13 Å². The fourth-order valence-electron chi connectivity index (χ4n) is 1.14. The normalized spacial score (nSPS) is 10.5. The molecule has 1 aromatic carbocycles. The molecule has 0 aliphatic rings. The van der Waals surface area contributed by atoms with Crippen molar-refractivity contribution in [1.82, 2.24) is 4.98 Å². The molecule has 0 saturated carbocycles. The largest absolute Gasteiger partial charge is 0.368 e. The molecule has 0 spiro atoms. The van der Waals surface area contributed by atoms with Crippen LogP contribution in [0.1, 0.15) is 0 Å². The molecule has 0 saturated heterocycles. The third-order valence-corrected chi connectivity index (χ3v) is 3.23. The van der Waals surface area contributed by atoms with E-state index in [1.807, 2.05) is 18.2 Å². The van der Waals surface area contributed by atoms with Crippen molar-refractivity contribution in [3.05, 3.63) is 22.7 Å². The average Bonchev–Trinajstić information content (AvgIpc) is 2.56. The van der Waals surface area contributed by atoms with Gasteiger partial charge < -0.3 is 11.1 Å². The minimum Gasteiger partial charge on any atom is -0.368 e. The minimum atomic E-state index is -0.393. The number of fused-ring (bicyclic) bond motifs is 1. The van der Waals surface area contributed by atoms with Crippen LogP contribution in [-0.2, 0) is 4.79 Å². The summed E-state index contributed by atoms with van der Waals surface area (Å²) in [5.41, 5.74) is 5.94. The third-order valence-electron chi connectivity index (χ3n) is 1.76. The lowest BCUT2D eigenvalue weighted by molar-refractivity contribution is -0.116. The summed E-state index contributed by atoms with van der Waals surface area (Å²) in [6.07, 6.45) is 0. The Morgan fingerprint density at radius 1 is 1.60 bits per heavy atom. The van der Waals surface area contributed by atoms with Crippen LogP contribution in [0.15, 0.2) is 22.7 Å². The SMILES string of the molecule is NC(=O)CNc1nc2ccc(Br)cc2s1. The molecule has 78 valence electrons. The van der Waals surface area contributed by atoms with Crippen molar-refractivity contribution in [2.45, 2.75) is 0 Å². The highest BCUT2D eigenvalue weighted by Gasteiger charge is 2.04. The van der Waals surface area contributed by atoms with E-state index in [9.17, 15) is 4.79 Å². The molecular weight excluding hydrogens is 278 g/mol. The monoisotopic (exact) mass is 285 g/mol. The summed E-state index contributed by atoms with van der Waals surface area (Å²) in [4.78, 5) is 14.9. The molecule has 0 aliphatic carbocycles. The lowest BCUT2D eigenvalue weighted by atomic mass is 10.3. The number of benzene rings is 1. The van der Waals surface area contributed by atoms with E-state index in [0.717, 1.165) is 14.7 Å². The number of thiazole rings is 1. The second-order valence-electron chi connectivity index (χ2n) is 2.95. The van der Waals surface area contributed by atoms with Gasteiger partial charge in [0.25, 0.3) is 0 Å². The predicted molar refractivity (Wildman–Crippen MR) is 65.0 cm³/mol. The van der Waals surface area contributed by atoms with Gasteiger partial charge in [0.2, 0.25) is 5.91 Å². The highest BCUT2D eigenvalue weighted by molar-refractivity contribution is 9.10. The number of rotatable bonds is 3. The molecule has 2 rings (SSSR count). The summed E-state index contributed by atoms with van der Waals surface area (Å²) >= 11 is 4.88. The first-order chi connectivity index (χ1) is 7.15. The molecule has 1 aromatic heterocycles. The summed E-state index contributed by atoms with van der Waals surface area (Å²) in [7, 11) is 0. The summed E-state index contributed by atoms with van der Waals surface area (Å²) in [5, 5.41) is 3.58. The van der Waals surface area contributed by atoms with Crippen molar-refractivity contribution in [1.29, 1.82) is 0 Å². The Bertz CT molecular complexity index is 511. The van der Waals surface area contributed by atoms with E-state index in [2.05, 4.69) is 26.2 Å². The van der Waals surface area contributed by atoms with Gasteiger partial charge in [-0.2, -0.15) is 0 Å².